The van der Waals surface area contributed by atoms with E-state index in [1.807, 2.05) is 6.92 Å². The normalized spacial score (nSPS) is 13.1. The summed E-state index contributed by atoms with van der Waals surface area (Å²) in [4.78, 5) is 11.5. The number of nitrogens with two attached hydrogens (primary N) is 1. The van der Waals surface area contributed by atoms with Gasteiger partial charge in [0.05, 0.1) is 5.56 Å². The van der Waals surface area contributed by atoms with Gasteiger partial charge in [-0.25, -0.2) is 0 Å². The number of hydrogen-bond donors (Lipinski definition) is 2. The molecule has 0 aromatic heterocycles. The molecule has 1 atom stereocenters. The lowest BCUT2D eigenvalue weighted by atomic mass is 10.1. The van der Waals surface area contributed by atoms with Crippen molar-refractivity contribution in [2.45, 2.75) is 38.5 Å². The minimum atomic E-state index is -4.42. The van der Waals surface area contributed by atoms with Crippen LogP contribution in [0.4, 0.5) is 13.2 Å². The van der Waals surface area contributed by atoms with Crippen LogP contribution in [-0.2, 0) is 17.5 Å². The Kier molecular flexibility index (Phi) is 5.35. The van der Waals surface area contributed by atoms with Crippen LogP contribution >= 0.6 is 0 Å². The van der Waals surface area contributed by atoms with Gasteiger partial charge in [0.2, 0.25) is 5.91 Å². The number of rotatable bonds is 5. The average molecular weight is 274 g/mol. The summed E-state index contributed by atoms with van der Waals surface area (Å²) in [6.45, 7) is 1.70. The number of alkyl halides is 3. The molecule has 0 saturated heterocycles. The molecule has 0 aliphatic carbocycles. The molecule has 0 heterocycles. The number of amides is 1. The summed E-state index contributed by atoms with van der Waals surface area (Å²) in [5, 5.41) is 2.46. The Labute approximate surface area is 110 Å². The highest BCUT2D eigenvalue weighted by atomic mass is 19.4. The first-order valence-corrected chi connectivity index (χ1v) is 6.02. The van der Waals surface area contributed by atoms with Gasteiger partial charge >= 0.3 is 6.18 Å². The molecule has 1 aromatic carbocycles. The first-order chi connectivity index (χ1) is 8.84. The van der Waals surface area contributed by atoms with E-state index in [9.17, 15) is 18.0 Å². The predicted octanol–water partition coefficient (Wildman–Crippen LogP) is 2.45. The Bertz CT molecular complexity index is 432. The van der Waals surface area contributed by atoms with Crippen molar-refractivity contribution in [2.75, 3.05) is 0 Å². The highest BCUT2D eigenvalue weighted by Crippen LogP contribution is 2.31. The first kappa shape index (κ1) is 15.5. The molecule has 0 bridgehead atoms. The van der Waals surface area contributed by atoms with Gasteiger partial charge in [0.25, 0.3) is 0 Å². The van der Waals surface area contributed by atoms with Crippen molar-refractivity contribution in [3.8, 4) is 0 Å². The zero-order chi connectivity index (χ0) is 14.5. The summed E-state index contributed by atoms with van der Waals surface area (Å²) in [7, 11) is 0. The van der Waals surface area contributed by atoms with Crippen LogP contribution in [0.25, 0.3) is 0 Å². The molecule has 1 unspecified atom stereocenters. The Morgan fingerprint density at radius 2 is 2.00 bits per heavy atom. The Balaban J connectivity index is 2.66. The summed E-state index contributed by atoms with van der Waals surface area (Å²) in [5.41, 5.74) is 4.92. The van der Waals surface area contributed by atoms with Gasteiger partial charge in [-0.3, -0.25) is 4.79 Å². The number of carbonyl (C=O) groups is 1. The standard InChI is InChI=1S/C13H17F3N2O/c1-2-10(17)7-12(19)18-8-9-5-3-4-6-11(9)13(14,15)16/h3-6,10H,2,7-8,17H2,1H3,(H,18,19). The van der Waals surface area contributed by atoms with E-state index in [1.54, 1.807) is 0 Å². The second-order valence-electron chi connectivity index (χ2n) is 4.30. The number of hydrogen-bond acceptors (Lipinski definition) is 2. The third kappa shape index (κ3) is 4.90. The molecular formula is C13H17F3N2O. The molecular weight excluding hydrogens is 257 g/mol. The molecule has 1 amide bonds. The maximum Gasteiger partial charge on any atom is 0.416 e. The van der Waals surface area contributed by atoms with Crippen LogP contribution in [-0.4, -0.2) is 11.9 Å². The molecule has 1 rings (SSSR count). The highest BCUT2D eigenvalue weighted by molar-refractivity contribution is 5.76. The smallest absolute Gasteiger partial charge is 0.352 e. The van der Waals surface area contributed by atoms with Crippen LogP contribution in [0.15, 0.2) is 24.3 Å². The van der Waals surface area contributed by atoms with E-state index < -0.39 is 11.7 Å². The lowest BCUT2D eigenvalue weighted by molar-refractivity contribution is -0.138. The highest BCUT2D eigenvalue weighted by Gasteiger charge is 2.32. The molecule has 6 heteroatoms. The minimum absolute atomic E-state index is 0.0495. The Morgan fingerprint density at radius 1 is 1.37 bits per heavy atom. The molecule has 0 aliphatic rings. The fourth-order valence-corrected chi connectivity index (χ4v) is 1.60. The zero-order valence-corrected chi connectivity index (χ0v) is 10.6. The Hall–Kier alpha value is -1.56. The van der Waals surface area contributed by atoms with Gasteiger partial charge in [-0.15, -0.1) is 0 Å². The summed E-state index contributed by atoms with van der Waals surface area (Å²) in [6, 6.07) is 4.91. The summed E-state index contributed by atoms with van der Waals surface area (Å²) < 4.78 is 38.1. The third-order valence-electron chi connectivity index (χ3n) is 2.77. The van der Waals surface area contributed by atoms with Crippen molar-refractivity contribution in [3.05, 3.63) is 35.4 Å². The van der Waals surface area contributed by atoms with Gasteiger partial charge in [0, 0.05) is 19.0 Å². The van der Waals surface area contributed by atoms with Crippen LogP contribution in [0.5, 0.6) is 0 Å². The number of nitrogens with one attached hydrogen (secondary N) is 1. The molecule has 3 nitrogen and oxygen atoms in total. The van der Waals surface area contributed by atoms with E-state index in [0.717, 1.165) is 6.07 Å². The maximum absolute atomic E-state index is 12.7. The van der Waals surface area contributed by atoms with Crippen molar-refractivity contribution in [1.82, 2.24) is 5.32 Å². The SMILES string of the molecule is CCC(N)CC(=O)NCc1ccccc1C(F)(F)F. The van der Waals surface area contributed by atoms with Gasteiger partial charge in [-0.2, -0.15) is 13.2 Å². The van der Waals surface area contributed by atoms with E-state index in [2.05, 4.69) is 5.32 Å². The molecule has 0 spiro atoms. The maximum atomic E-state index is 12.7. The van der Waals surface area contributed by atoms with Crippen LogP contribution in [0.1, 0.15) is 30.9 Å². The zero-order valence-electron chi connectivity index (χ0n) is 10.6. The van der Waals surface area contributed by atoms with Gasteiger partial charge in [0.15, 0.2) is 0 Å². The fourth-order valence-electron chi connectivity index (χ4n) is 1.60. The molecule has 0 radical (unpaired) electrons. The summed E-state index contributed by atoms with van der Waals surface area (Å²) in [6.07, 6.45) is -3.65. The van der Waals surface area contributed by atoms with Gasteiger partial charge in [0.1, 0.15) is 0 Å². The second kappa shape index (κ2) is 6.56. The van der Waals surface area contributed by atoms with Crippen LogP contribution in [0.2, 0.25) is 0 Å². The molecule has 3 N–H and O–H groups in total. The lowest BCUT2D eigenvalue weighted by Gasteiger charge is -2.14. The van der Waals surface area contributed by atoms with Crippen molar-refractivity contribution in [2.24, 2.45) is 5.73 Å². The molecule has 0 aliphatic heterocycles. The van der Waals surface area contributed by atoms with Crippen molar-refractivity contribution in [1.29, 1.82) is 0 Å². The average Bonchev–Trinajstić information content (AvgIpc) is 2.35. The van der Waals surface area contributed by atoms with E-state index in [1.165, 1.54) is 18.2 Å². The molecule has 0 saturated carbocycles. The van der Waals surface area contributed by atoms with Crippen molar-refractivity contribution < 1.29 is 18.0 Å². The number of halogens is 3. The topological polar surface area (TPSA) is 55.1 Å². The van der Waals surface area contributed by atoms with E-state index in [0.29, 0.717) is 6.42 Å². The second-order valence-corrected chi connectivity index (χ2v) is 4.30. The van der Waals surface area contributed by atoms with Gasteiger partial charge in [-0.1, -0.05) is 25.1 Å². The first-order valence-electron chi connectivity index (χ1n) is 6.02. The Morgan fingerprint density at radius 3 is 2.58 bits per heavy atom. The van der Waals surface area contributed by atoms with E-state index in [-0.39, 0.29) is 30.5 Å². The monoisotopic (exact) mass is 274 g/mol. The lowest BCUT2D eigenvalue weighted by Crippen LogP contribution is -2.31. The van der Waals surface area contributed by atoms with E-state index >= 15 is 0 Å². The molecule has 0 fully saturated rings. The molecule has 106 valence electrons. The van der Waals surface area contributed by atoms with Crippen LogP contribution in [0.3, 0.4) is 0 Å². The molecule has 1 aromatic rings. The fraction of sp³-hybridized carbons (Fsp3) is 0.462. The quantitative estimate of drug-likeness (QED) is 0.866. The van der Waals surface area contributed by atoms with Crippen LogP contribution < -0.4 is 11.1 Å². The van der Waals surface area contributed by atoms with E-state index in [4.69, 9.17) is 5.73 Å². The number of benzene rings is 1. The largest absolute Gasteiger partial charge is 0.416 e. The predicted molar refractivity (Wildman–Crippen MR) is 66.2 cm³/mol. The van der Waals surface area contributed by atoms with Gasteiger partial charge < -0.3 is 11.1 Å². The van der Waals surface area contributed by atoms with Crippen molar-refractivity contribution >= 4 is 5.91 Å². The van der Waals surface area contributed by atoms with Gasteiger partial charge in [-0.05, 0) is 18.1 Å². The molecule has 19 heavy (non-hydrogen) atoms. The van der Waals surface area contributed by atoms with Crippen molar-refractivity contribution in [3.63, 3.8) is 0 Å². The van der Waals surface area contributed by atoms with Crippen LogP contribution in [0, 0.1) is 0 Å². The third-order valence-corrected chi connectivity index (χ3v) is 2.77. The summed E-state index contributed by atoms with van der Waals surface area (Å²) in [5.74, 6) is -0.341. The summed E-state index contributed by atoms with van der Waals surface area (Å²) >= 11 is 0. The minimum Gasteiger partial charge on any atom is -0.352 e. The number of carbonyl (C=O) groups excluding carboxylic acids is 1.